The number of aromatic nitrogens is 2. The van der Waals surface area contributed by atoms with Crippen molar-refractivity contribution < 1.29 is 9.59 Å². The largest absolute Gasteiger partial charge is 0.368 e. The number of hydrogen-bond donors (Lipinski definition) is 2. The Morgan fingerprint density at radius 3 is 2.34 bits per heavy atom. The minimum Gasteiger partial charge on any atom is -0.368 e. The number of rotatable bonds is 7. The minimum atomic E-state index is -0.272. The summed E-state index contributed by atoms with van der Waals surface area (Å²) in [5.74, 6) is 0.249. The van der Waals surface area contributed by atoms with Gasteiger partial charge in [0.2, 0.25) is 18.3 Å². The molecule has 0 unspecified atom stereocenters. The van der Waals surface area contributed by atoms with Crippen molar-refractivity contribution in [2.45, 2.75) is 18.9 Å². The maximum atomic E-state index is 11.7. The second-order valence-corrected chi connectivity index (χ2v) is 8.87. The fraction of sp³-hybridized carbons (Fsp3) is 0.308. The molecule has 0 saturated carbocycles. The highest BCUT2D eigenvalue weighted by atomic mass is 16.1. The molecule has 1 atom stereocenters. The molecule has 0 bridgehead atoms. The molecule has 3 aromatic rings. The maximum absolute atomic E-state index is 11.7. The van der Waals surface area contributed by atoms with Crippen molar-refractivity contribution in [3.8, 4) is 11.3 Å². The lowest BCUT2D eigenvalue weighted by Crippen LogP contribution is -2.45. The lowest BCUT2D eigenvalue weighted by Gasteiger charge is -2.34. The predicted octanol–water partition coefficient (Wildman–Crippen LogP) is 2.62. The summed E-state index contributed by atoms with van der Waals surface area (Å²) in [6.07, 6.45) is 4.42. The first-order chi connectivity index (χ1) is 17.1. The molecule has 9 nitrogen and oxygen atoms in total. The third kappa shape index (κ3) is 5.03. The molecule has 5 rings (SSSR count). The number of anilines is 4. The van der Waals surface area contributed by atoms with Gasteiger partial charge < -0.3 is 25.8 Å². The number of carbonyl (C=O) groups excluding carboxylic acids is 2. The summed E-state index contributed by atoms with van der Waals surface area (Å²) < 4.78 is 0. The van der Waals surface area contributed by atoms with Crippen LogP contribution >= 0.6 is 0 Å². The Morgan fingerprint density at radius 1 is 0.943 bits per heavy atom. The van der Waals surface area contributed by atoms with Crippen LogP contribution in [0.3, 0.4) is 0 Å². The molecule has 0 aliphatic carbocycles. The van der Waals surface area contributed by atoms with Crippen molar-refractivity contribution in [3.63, 3.8) is 0 Å². The Kier molecular flexibility index (Phi) is 6.47. The molecule has 2 aliphatic heterocycles. The van der Waals surface area contributed by atoms with Crippen molar-refractivity contribution in [1.29, 1.82) is 0 Å². The molecule has 9 heteroatoms. The van der Waals surface area contributed by atoms with E-state index in [1.165, 1.54) is 0 Å². The molecule has 3 heterocycles. The van der Waals surface area contributed by atoms with E-state index in [4.69, 9.17) is 5.73 Å². The van der Waals surface area contributed by atoms with Gasteiger partial charge in [-0.25, -0.2) is 9.97 Å². The molecular weight excluding hydrogens is 442 g/mol. The predicted molar refractivity (Wildman–Crippen MR) is 137 cm³/mol. The van der Waals surface area contributed by atoms with Gasteiger partial charge in [-0.15, -0.1) is 0 Å². The van der Waals surface area contributed by atoms with Crippen LogP contribution in [0.25, 0.3) is 11.3 Å². The summed E-state index contributed by atoms with van der Waals surface area (Å²) in [6.45, 7) is 3.98. The Morgan fingerprint density at radius 2 is 1.66 bits per heavy atom. The molecule has 2 saturated heterocycles. The molecular formula is C26H29N7O2. The average molecular weight is 472 g/mol. The van der Waals surface area contributed by atoms with Crippen molar-refractivity contribution >= 4 is 35.3 Å². The van der Waals surface area contributed by atoms with E-state index in [9.17, 15) is 9.59 Å². The van der Waals surface area contributed by atoms with E-state index in [-0.39, 0.29) is 11.9 Å². The molecule has 3 N–H and O–H groups in total. The Hall–Kier alpha value is -4.14. The lowest BCUT2D eigenvalue weighted by molar-refractivity contribution is -0.119. The fourth-order valence-electron chi connectivity index (χ4n) is 4.75. The van der Waals surface area contributed by atoms with Gasteiger partial charge in [0, 0.05) is 61.5 Å². The summed E-state index contributed by atoms with van der Waals surface area (Å²) in [7, 11) is 0. The van der Waals surface area contributed by atoms with Gasteiger partial charge in [0.15, 0.2) is 0 Å². The molecule has 2 aliphatic rings. The first-order valence-electron chi connectivity index (χ1n) is 11.9. The van der Waals surface area contributed by atoms with Crippen LogP contribution in [0, 0.1) is 0 Å². The van der Waals surface area contributed by atoms with Crippen LogP contribution in [0.15, 0.2) is 60.8 Å². The van der Waals surface area contributed by atoms with Gasteiger partial charge in [0.05, 0.1) is 5.69 Å². The number of piperazine rings is 1. The van der Waals surface area contributed by atoms with Crippen LogP contribution in [0.4, 0.5) is 23.0 Å². The molecule has 1 aromatic heterocycles. The first kappa shape index (κ1) is 22.6. The number of amides is 2. The van der Waals surface area contributed by atoms with Gasteiger partial charge in [-0.2, -0.15) is 0 Å². The van der Waals surface area contributed by atoms with Gasteiger partial charge in [0.25, 0.3) is 0 Å². The topological polar surface area (TPSA) is 108 Å². The summed E-state index contributed by atoms with van der Waals surface area (Å²) in [4.78, 5) is 37.8. The van der Waals surface area contributed by atoms with Gasteiger partial charge in [-0.05, 0) is 55.3 Å². The van der Waals surface area contributed by atoms with Crippen LogP contribution in [0.1, 0.15) is 12.8 Å². The summed E-state index contributed by atoms with van der Waals surface area (Å²) in [5.41, 5.74) is 10.4. The van der Waals surface area contributed by atoms with Crippen LogP contribution in [0.5, 0.6) is 0 Å². The van der Waals surface area contributed by atoms with Crippen LogP contribution in [-0.2, 0) is 9.59 Å². The minimum absolute atomic E-state index is 0.233. The summed E-state index contributed by atoms with van der Waals surface area (Å²) in [6, 6.07) is 17.9. The van der Waals surface area contributed by atoms with E-state index in [1.54, 1.807) is 11.1 Å². The number of nitrogens with zero attached hydrogens (tertiary/aromatic N) is 5. The van der Waals surface area contributed by atoms with Crippen molar-refractivity contribution in [3.05, 3.63) is 60.8 Å². The number of primary amides is 1. The second kappa shape index (κ2) is 10.0. The van der Waals surface area contributed by atoms with Gasteiger partial charge >= 0.3 is 0 Å². The molecule has 2 aromatic carbocycles. The van der Waals surface area contributed by atoms with Gasteiger partial charge in [-0.3, -0.25) is 9.59 Å². The number of nitrogens with one attached hydrogen (secondary N) is 1. The van der Waals surface area contributed by atoms with E-state index in [1.807, 2.05) is 42.5 Å². The fourth-order valence-corrected chi connectivity index (χ4v) is 4.75. The van der Waals surface area contributed by atoms with E-state index < -0.39 is 0 Å². The zero-order chi connectivity index (χ0) is 24.2. The Balaban J connectivity index is 1.25. The third-order valence-corrected chi connectivity index (χ3v) is 6.68. The molecule has 2 fully saturated rings. The Labute approximate surface area is 204 Å². The zero-order valence-corrected chi connectivity index (χ0v) is 19.5. The van der Waals surface area contributed by atoms with Crippen LogP contribution < -0.4 is 20.9 Å². The SMILES string of the molecule is NC(=O)[C@H]1CCCN1c1ccc(-c2ccnc(Nc3ccc(N4CCN(C=O)CC4)cc3)n2)cc1. The average Bonchev–Trinajstić information content (AvgIpc) is 3.40. The van der Waals surface area contributed by atoms with Crippen molar-refractivity contribution in [2.24, 2.45) is 5.73 Å². The highest BCUT2D eigenvalue weighted by Crippen LogP contribution is 2.28. The number of benzene rings is 2. The van der Waals surface area contributed by atoms with E-state index in [0.29, 0.717) is 5.95 Å². The molecule has 35 heavy (non-hydrogen) atoms. The number of hydrogen-bond acceptors (Lipinski definition) is 7. The second-order valence-electron chi connectivity index (χ2n) is 8.87. The number of nitrogens with two attached hydrogens (primary N) is 1. The molecule has 0 radical (unpaired) electrons. The number of carbonyl (C=O) groups is 2. The van der Waals surface area contributed by atoms with Crippen LogP contribution in [-0.4, -0.2) is 66.0 Å². The van der Waals surface area contributed by atoms with E-state index in [0.717, 1.165) is 80.3 Å². The third-order valence-electron chi connectivity index (χ3n) is 6.68. The monoisotopic (exact) mass is 471 g/mol. The van der Waals surface area contributed by atoms with Gasteiger partial charge in [-0.1, -0.05) is 12.1 Å². The zero-order valence-electron chi connectivity index (χ0n) is 19.5. The first-order valence-corrected chi connectivity index (χ1v) is 11.9. The highest BCUT2D eigenvalue weighted by Gasteiger charge is 2.29. The van der Waals surface area contributed by atoms with Crippen molar-refractivity contribution in [2.75, 3.05) is 47.8 Å². The van der Waals surface area contributed by atoms with Crippen molar-refractivity contribution in [1.82, 2.24) is 14.9 Å². The highest BCUT2D eigenvalue weighted by molar-refractivity contribution is 5.84. The van der Waals surface area contributed by atoms with Crippen LogP contribution in [0.2, 0.25) is 0 Å². The normalized spacial score (nSPS) is 17.9. The molecule has 2 amide bonds. The van der Waals surface area contributed by atoms with E-state index >= 15 is 0 Å². The summed E-state index contributed by atoms with van der Waals surface area (Å²) >= 11 is 0. The standard InChI is InChI=1S/C26H29N7O2/c27-25(35)24-2-1-13-33(24)22-7-3-19(4-8-22)23-11-12-28-26(30-23)29-20-5-9-21(10-6-20)32-16-14-31(18-34)15-17-32/h3-12,18,24H,1-2,13-17H2,(H2,27,35)(H,28,29,30)/t24-/m1/s1. The molecule has 0 spiro atoms. The quantitative estimate of drug-likeness (QED) is 0.510. The smallest absolute Gasteiger partial charge is 0.240 e. The van der Waals surface area contributed by atoms with E-state index in [2.05, 4.69) is 37.2 Å². The van der Waals surface area contributed by atoms with Gasteiger partial charge in [0.1, 0.15) is 6.04 Å². The molecule has 180 valence electrons. The lowest BCUT2D eigenvalue weighted by atomic mass is 10.1. The maximum Gasteiger partial charge on any atom is 0.240 e. The summed E-state index contributed by atoms with van der Waals surface area (Å²) in [5, 5.41) is 3.28. The Bertz CT molecular complexity index is 1180.